The molecule has 5 heteroatoms. The third-order valence-corrected chi connectivity index (χ3v) is 1.55. The third-order valence-electron chi connectivity index (χ3n) is 1.55. The summed E-state index contributed by atoms with van der Waals surface area (Å²) in [6, 6.07) is 3.44. The predicted octanol–water partition coefficient (Wildman–Crippen LogP) is 0.0319. The summed E-state index contributed by atoms with van der Waals surface area (Å²) in [6.07, 6.45) is 1.51. The molecule has 1 aromatic heterocycles. The first kappa shape index (κ1) is 10.3. The van der Waals surface area contributed by atoms with E-state index in [-0.39, 0.29) is 6.54 Å². The molecule has 0 bridgehead atoms. The minimum Gasteiger partial charge on any atom is -0.467 e. The molecule has 2 amide bonds. The number of rotatable bonds is 3. The van der Waals surface area contributed by atoms with E-state index >= 15 is 0 Å². The first-order valence-electron chi connectivity index (χ1n) is 4.32. The normalized spacial score (nSPS) is 9.50. The monoisotopic (exact) mass is 196 g/mol. The van der Waals surface area contributed by atoms with E-state index in [2.05, 4.69) is 10.6 Å². The average Bonchev–Trinajstić information content (AvgIpc) is 2.67. The summed E-state index contributed by atoms with van der Waals surface area (Å²) >= 11 is 0. The number of hydrogen-bond acceptors (Lipinski definition) is 3. The molecule has 1 heterocycles. The molecule has 76 valence electrons. The van der Waals surface area contributed by atoms with Crippen LogP contribution in [0.2, 0.25) is 0 Å². The zero-order chi connectivity index (χ0) is 10.4. The summed E-state index contributed by atoms with van der Waals surface area (Å²) in [5.74, 6) is -0.662. The molecule has 0 aliphatic rings. The summed E-state index contributed by atoms with van der Waals surface area (Å²) in [5.41, 5.74) is 0. The van der Waals surface area contributed by atoms with Crippen LogP contribution in [0.15, 0.2) is 22.8 Å². The molecular weight excluding hydrogens is 184 g/mol. The van der Waals surface area contributed by atoms with Crippen molar-refractivity contribution in [1.29, 1.82) is 0 Å². The van der Waals surface area contributed by atoms with Gasteiger partial charge in [0, 0.05) is 6.54 Å². The SMILES string of the molecule is CCNC(=O)C(=O)NCc1ccco1. The highest BCUT2D eigenvalue weighted by Crippen LogP contribution is 1.97. The van der Waals surface area contributed by atoms with Crippen molar-refractivity contribution >= 4 is 11.8 Å². The molecule has 0 fully saturated rings. The van der Waals surface area contributed by atoms with Crippen LogP contribution in [0.4, 0.5) is 0 Å². The van der Waals surface area contributed by atoms with Crippen molar-refractivity contribution in [2.75, 3.05) is 6.54 Å². The molecule has 0 unspecified atom stereocenters. The molecule has 1 rings (SSSR count). The Kier molecular flexibility index (Phi) is 3.72. The molecule has 0 saturated carbocycles. The summed E-state index contributed by atoms with van der Waals surface area (Å²) in [6.45, 7) is 2.41. The molecule has 0 aliphatic carbocycles. The second kappa shape index (κ2) is 5.06. The lowest BCUT2D eigenvalue weighted by Gasteiger charge is -2.02. The van der Waals surface area contributed by atoms with Gasteiger partial charge in [0.15, 0.2) is 0 Å². The number of carbonyl (C=O) groups is 2. The zero-order valence-electron chi connectivity index (χ0n) is 7.87. The van der Waals surface area contributed by atoms with E-state index < -0.39 is 11.8 Å². The number of hydrogen-bond donors (Lipinski definition) is 2. The van der Waals surface area contributed by atoms with Crippen LogP contribution in [0, 0.1) is 0 Å². The van der Waals surface area contributed by atoms with Crippen molar-refractivity contribution in [2.45, 2.75) is 13.5 Å². The Balaban J connectivity index is 2.31. The van der Waals surface area contributed by atoms with Crippen molar-refractivity contribution in [3.05, 3.63) is 24.2 Å². The highest BCUT2D eigenvalue weighted by molar-refractivity contribution is 6.35. The number of amides is 2. The number of carbonyl (C=O) groups excluding carboxylic acids is 2. The van der Waals surface area contributed by atoms with Gasteiger partial charge in [-0.05, 0) is 19.1 Å². The maximum Gasteiger partial charge on any atom is 0.309 e. The van der Waals surface area contributed by atoms with E-state index in [4.69, 9.17) is 4.42 Å². The van der Waals surface area contributed by atoms with E-state index in [0.717, 1.165) is 0 Å². The van der Waals surface area contributed by atoms with Crippen molar-refractivity contribution in [3.8, 4) is 0 Å². The molecule has 0 radical (unpaired) electrons. The second-order valence-corrected chi connectivity index (χ2v) is 2.62. The number of furan rings is 1. The van der Waals surface area contributed by atoms with Gasteiger partial charge in [0.1, 0.15) is 5.76 Å². The summed E-state index contributed by atoms with van der Waals surface area (Å²) < 4.78 is 4.98. The van der Waals surface area contributed by atoms with E-state index in [1.165, 1.54) is 6.26 Å². The van der Waals surface area contributed by atoms with Crippen LogP contribution in [0.25, 0.3) is 0 Å². The third kappa shape index (κ3) is 2.93. The predicted molar refractivity (Wildman–Crippen MR) is 49.2 cm³/mol. The van der Waals surface area contributed by atoms with Crippen LogP contribution in [0.3, 0.4) is 0 Å². The molecular formula is C9H12N2O3. The van der Waals surface area contributed by atoms with Gasteiger partial charge in [0.05, 0.1) is 12.8 Å². The van der Waals surface area contributed by atoms with Gasteiger partial charge in [-0.3, -0.25) is 9.59 Å². The Morgan fingerprint density at radius 1 is 1.36 bits per heavy atom. The van der Waals surface area contributed by atoms with Crippen molar-refractivity contribution in [1.82, 2.24) is 10.6 Å². The van der Waals surface area contributed by atoms with Crippen LogP contribution >= 0.6 is 0 Å². The van der Waals surface area contributed by atoms with Gasteiger partial charge in [-0.15, -0.1) is 0 Å². The van der Waals surface area contributed by atoms with Gasteiger partial charge in [-0.2, -0.15) is 0 Å². The number of likely N-dealkylation sites (N-methyl/N-ethyl adjacent to an activating group) is 1. The lowest BCUT2D eigenvalue weighted by Crippen LogP contribution is -2.39. The van der Waals surface area contributed by atoms with Crippen LogP contribution in [0.5, 0.6) is 0 Å². The molecule has 1 aromatic rings. The van der Waals surface area contributed by atoms with Crippen LogP contribution < -0.4 is 10.6 Å². The quantitative estimate of drug-likeness (QED) is 0.670. The maximum atomic E-state index is 11.1. The van der Waals surface area contributed by atoms with Crippen LogP contribution in [-0.2, 0) is 16.1 Å². The molecule has 2 N–H and O–H groups in total. The lowest BCUT2D eigenvalue weighted by molar-refractivity contribution is -0.139. The summed E-state index contributed by atoms with van der Waals surface area (Å²) in [4.78, 5) is 22.0. The lowest BCUT2D eigenvalue weighted by atomic mass is 10.4. The van der Waals surface area contributed by atoms with Gasteiger partial charge >= 0.3 is 11.8 Å². The van der Waals surface area contributed by atoms with Crippen LogP contribution in [-0.4, -0.2) is 18.4 Å². The molecule has 5 nitrogen and oxygen atoms in total. The Labute approximate surface area is 81.5 Å². The topological polar surface area (TPSA) is 71.3 Å². The Morgan fingerprint density at radius 3 is 2.64 bits per heavy atom. The molecule has 0 saturated heterocycles. The fourth-order valence-corrected chi connectivity index (χ4v) is 0.902. The molecule has 0 atom stereocenters. The smallest absolute Gasteiger partial charge is 0.309 e. The van der Waals surface area contributed by atoms with Crippen molar-refractivity contribution < 1.29 is 14.0 Å². The molecule has 0 aliphatic heterocycles. The highest BCUT2D eigenvalue weighted by Gasteiger charge is 2.11. The van der Waals surface area contributed by atoms with E-state index in [9.17, 15) is 9.59 Å². The van der Waals surface area contributed by atoms with Crippen molar-refractivity contribution in [3.63, 3.8) is 0 Å². The van der Waals surface area contributed by atoms with Gasteiger partial charge < -0.3 is 15.1 Å². The summed E-state index contributed by atoms with van der Waals surface area (Å²) in [5, 5.41) is 4.82. The van der Waals surface area contributed by atoms with Gasteiger partial charge in [-0.1, -0.05) is 0 Å². The summed E-state index contributed by atoms with van der Waals surface area (Å²) in [7, 11) is 0. The molecule has 0 spiro atoms. The first-order chi connectivity index (χ1) is 6.74. The van der Waals surface area contributed by atoms with E-state index in [1.807, 2.05) is 0 Å². The molecule has 0 aromatic carbocycles. The first-order valence-corrected chi connectivity index (χ1v) is 4.32. The second-order valence-electron chi connectivity index (χ2n) is 2.62. The number of nitrogens with one attached hydrogen (secondary N) is 2. The maximum absolute atomic E-state index is 11.1. The highest BCUT2D eigenvalue weighted by atomic mass is 16.3. The fraction of sp³-hybridized carbons (Fsp3) is 0.333. The Hall–Kier alpha value is -1.78. The Morgan fingerprint density at radius 2 is 2.07 bits per heavy atom. The van der Waals surface area contributed by atoms with Crippen molar-refractivity contribution in [2.24, 2.45) is 0 Å². The van der Waals surface area contributed by atoms with Crippen LogP contribution in [0.1, 0.15) is 12.7 Å². The van der Waals surface area contributed by atoms with Gasteiger partial charge in [0.2, 0.25) is 0 Å². The van der Waals surface area contributed by atoms with Gasteiger partial charge in [-0.25, -0.2) is 0 Å². The van der Waals surface area contributed by atoms with Gasteiger partial charge in [0.25, 0.3) is 0 Å². The largest absolute Gasteiger partial charge is 0.467 e. The molecule has 14 heavy (non-hydrogen) atoms. The van der Waals surface area contributed by atoms with E-state index in [1.54, 1.807) is 19.1 Å². The zero-order valence-corrected chi connectivity index (χ0v) is 7.87. The minimum atomic E-state index is -0.650. The van der Waals surface area contributed by atoms with E-state index in [0.29, 0.717) is 12.3 Å². The average molecular weight is 196 g/mol. The standard InChI is InChI=1S/C9H12N2O3/c1-2-10-8(12)9(13)11-6-7-4-3-5-14-7/h3-5H,2,6H2,1H3,(H,10,12)(H,11,13). The minimum absolute atomic E-state index is 0.225. The fourth-order valence-electron chi connectivity index (χ4n) is 0.902. The Bertz CT molecular complexity index is 306.